The van der Waals surface area contributed by atoms with E-state index < -0.39 is 4.92 Å². The van der Waals surface area contributed by atoms with Gasteiger partial charge >= 0.3 is 5.69 Å². The molecule has 0 spiro atoms. The van der Waals surface area contributed by atoms with Crippen LogP contribution in [0.2, 0.25) is 0 Å². The van der Waals surface area contributed by atoms with Gasteiger partial charge in [-0.1, -0.05) is 19.8 Å². The van der Waals surface area contributed by atoms with Crippen molar-refractivity contribution in [2.45, 2.75) is 38.6 Å². The van der Waals surface area contributed by atoms with Gasteiger partial charge in [0.1, 0.15) is 0 Å². The third-order valence-corrected chi connectivity index (χ3v) is 4.21. The molecule has 1 saturated carbocycles. The maximum atomic E-state index is 10.8. The Kier molecular flexibility index (Phi) is 5.86. The number of nitro benzene ring substituents is 1. The van der Waals surface area contributed by atoms with Crippen LogP contribution in [-0.4, -0.2) is 27.4 Å². The molecule has 0 amide bonds. The fourth-order valence-electron chi connectivity index (χ4n) is 2.66. The molecule has 0 aromatic heterocycles. The largest absolute Gasteiger partial charge is 0.502 e. The Bertz CT molecular complexity index is 621. The van der Waals surface area contributed by atoms with E-state index in [2.05, 4.69) is 22.8 Å². The van der Waals surface area contributed by atoms with E-state index in [1.165, 1.54) is 43.7 Å². The van der Waals surface area contributed by atoms with Crippen molar-refractivity contribution in [3.8, 4) is 5.75 Å². The quantitative estimate of drug-likeness (QED) is 0.338. The van der Waals surface area contributed by atoms with Crippen molar-refractivity contribution in [2.75, 3.05) is 0 Å². The van der Waals surface area contributed by atoms with Gasteiger partial charge < -0.3 is 10.4 Å². The maximum Gasteiger partial charge on any atom is 0.311 e. The number of phenols is 1. The Morgan fingerprint density at radius 2 is 2.22 bits per heavy atom. The molecule has 1 aromatic rings. The van der Waals surface area contributed by atoms with Gasteiger partial charge in [-0.3, -0.25) is 15.5 Å². The Hall–Kier alpha value is -2.22. The topological polar surface area (TPSA) is 99.8 Å². The molecule has 0 unspecified atom stereocenters. The van der Waals surface area contributed by atoms with Crippen LogP contribution in [0, 0.1) is 16.0 Å². The van der Waals surface area contributed by atoms with Crippen molar-refractivity contribution in [3.05, 3.63) is 33.9 Å². The number of nitrogens with one attached hydrogen (secondary N) is 2. The lowest BCUT2D eigenvalue weighted by molar-refractivity contribution is -0.385. The Morgan fingerprint density at radius 1 is 1.48 bits per heavy atom. The van der Waals surface area contributed by atoms with Crippen LogP contribution in [0.4, 0.5) is 5.69 Å². The second-order valence-electron chi connectivity index (χ2n) is 5.72. The number of hydrazone groups is 1. The zero-order valence-electron chi connectivity index (χ0n) is 12.9. The zero-order valence-corrected chi connectivity index (χ0v) is 13.7. The summed E-state index contributed by atoms with van der Waals surface area (Å²) in [5, 5.41) is 27.8. The molecular formula is C15H20N4O3S. The molecular weight excluding hydrogens is 316 g/mol. The SMILES string of the molecule is C[C@H]1CCCC[C@@H]1NC(=S)N/N=C\c1ccc(O)c([N+](=O)[O-])c1. The van der Waals surface area contributed by atoms with Gasteiger partial charge in [0.25, 0.3) is 0 Å². The molecule has 0 saturated heterocycles. The smallest absolute Gasteiger partial charge is 0.311 e. The standard InChI is InChI=1S/C15H20N4O3S/c1-10-4-2-3-5-12(10)17-15(23)18-16-9-11-6-7-14(20)13(8-11)19(21)22/h6-10,12,20H,2-5H2,1H3,(H2,17,18,23)/b16-9-/t10-,12-/m0/s1. The van der Waals surface area contributed by atoms with Crippen molar-refractivity contribution >= 4 is 29.2 Å². The number of hydrogen-bond donors (Lipinski definition) is 3. The Labute approximate surface area is 139 Å². The van der Waals surface area contributed by atoms with E-state index in [0.717, 1.165) is 6.42 Å². The molecule has 124 valence electrons. The number of nitro groups is 1. The van der Waals surface area contributed by atoms with E-state index in [4.69, 9.17) is 12.2 Å². The highest BCUT2D eigenvalue weighted by molar-refractivity contribution is 7.80. The molecule has 0 radical (unpaired) electrons. The first-order chi connectivity index (χ1) is 11.0. The number of aromatic hydroxyl groups is 1. The number of phenolic OH excluding ortho intramolecular Hbond substituents is 1. The first-order valence-electron chi connectivity index (χ1n) is 7.54. The zero-order chi connectivity index (χ0) is 16.8. The van der Waals surface area contributed by atoms with Crippen LogP contribution in [-0.2, 0) is 0 Å². The molecule has 1 aromatic carbocycles. The summed E-state index contributed by atoms with van der Waals surface area (Å²) in [6.45, 7) is 2.21. The van der Waals surface area contributed by atoms with Crippen molar-refractivity contribution in [1.29, 1.82) is 0 Å². The van der Waals surface area contributed by atoms with Crippen molar-refractivity contribution < 1.29 is 10.0 Å². The fourth-order valence-corrected chi connectivity index (χ4v) is 2.87. The van der Waals surface area contributed by atoms with E-state index in [9.17, 15) is 15.2 Å². The van der Waals surface area contributed by atoms with Crippen LogP contribution in [0.5, 0.6) is 5.75 Å². The summed E-state index contributed by atoms with van der Waals surface area (Å²) in [5.74, 6) is 0.204. The number of nitrogens with zero attached hydrogens (tertiary/aromatic N) is 2. The normalized spacial score (nSPS) is 21.1. The fraction of sp³-hybridized carbons (Fsp3) is 0.467. The number of thiocarbonyl (C=S) groups is 1. The summed E-state index contributed by atoms with van der Waals surface area (Å²) in [6.07, 6.45) is 6.17. The minimum atomic E-state index is -0.642. The van der Waals surface area contributed by atoms with Gasteiger partial charge in [-0.25, -0.2) is 0 Å². The first-order valence-corrected chi connectivity index (χ1v) is 7.95. The summed E-state index contributed by atoms with van der Waals surface area (Å²) >= 11 is 5.21. The molecule has 0 heterocycles. The first kappa shape index (κ1) is 17.1. The van der Waals surface area contributed by atoms with Gasteiger partial charge in [0, 0.05) is 17.7 Å². The van der Waals surface area contributed by atoms with Crippen LogP contribution in [0.1, 0.15) is 38.2 Å². The minimum absolute atomic E-state index is 0.355. The lowest BCUT2D eigenvalue weighted by atomic mass is 9.86. The molecule has 0 bridgehead atoms. The van der Waals surface area contributed by atoms with Gasteiger partial charge in [-0.2, -0.15) is 5.10 Å². The molecule has 2 rings (SSSR count). The second-order valence-corrected chi connectivity index (χ2v) is 6.13. The van der Waals surface area contributed by atoms with Gasteiger partial charge in [0.2, 0.25) is 0 Å². The van der Waals surface area contributed by atoms with E-state index in [1.807, 2.05) is 0 Å². The average Bonchev–Trinajstić information content (AvgIpc) is 2.51. The highest BCUT2D eigenvalue weighted by Gasteiger charge is 2.21. The van der Waals surface area contributed by atoms with Gasteiger partial charge in [0.05, 0.1) is 11.1 Å². The summed E-state index contributed by atoms with van der Waals surface area (Å²) in [5.41, 5.74) is 2.86. The molecule has 1 fully saturated rings. The second kappa shape index (κ2) is 7.87. The van der Waals surface area contributed by atoms with E-state index >= 15 is 0 Å². The summed E-state index contributed by atoms with van der Waals surface area (Å²) in [4.78, 5) is 10.1. The average molecular weight is 336 g/mol. The van der Waals surface area contributed by atoms with Crippen molar-refractivity contribution in [2.24, 2.45) is 11.0 Å². The summed E-state index contributed by atoms with van der Waals surface area (Å²) in [6, 6.07) is 4.40. The van der Waals surface area contributed by atoms with E-state index in [1.54, 1.807) is 0 Å². The van der Waals surface area contributed by atoms with E-state index in [0.29, 0.717) is 22.6 Å². The molecule has 7 nitrogen and oxygen atoms in total. The maximum absolute atomic E-state index is 10.8. The van der Waals surface area contributed by atoms with Crippen molar-refractivity contribution in [1.82, 2.24) is 10.7 Å². The third kappa shape index (κ3) is 4.88. The third-order valence-electron chi connectivity index (χ3n) is 4.00. The number of hydrogen-bond acceptors (Lipinski definition) is 5. The van der Waals surface area contributed by atoms with E-state index in [-0.39, 0.29) is 11.4 Å². The van der Waals surface area contributed by atoms with Crippen LogP contribution in [0.15, 0.2) is 23.3 Å². The Balaban J connectivity index is 1.89. The van der Waals surface area contributed by atoms with Crippen molar-refractivity contribution in [3.63, 3.8) is 0 Å². The highest BCUT2D eigenvalue weighted by Crippen LogP contribution is 2.25. The Morgan fingerprint density at radius 3 is 2.91 bits per heavy atom. The molecule has 3 N–H and O–H groups in total. The monoisotopic (exact) mass is 336 g/mol. The van der Waals surface area contributed by atoms with Gasteiger partial charge in [-0.05, 0) is 43.1 Å². The molecule has 1 aliphatic carbocycles. The van der Waals surface area contributed by atoms with Gasteiger partial charge in [-0.15, -0.1) is 0 Å². The number of rotatable bonds is 4. The molecule has 0 aliphatic heterocycles. The molecule has 1 aliphatic rings. The van der Waals surface area contributed by atoms with Gasteiger partial charge in [0.15, 0.2) is 10.9 Å². The lowest BCUT2D eigenvalue weighted by Gasteiger charge is -2.30. The van der Waals surface area contributed by atoms with Crippen LogP contribution in [0.3, 0.4) is 0 Å². The highest BCUT2D eigenvalue weighted by atomic mass is 32.1. The van der Waals surface area contributed by atoms with Crippen LogP contribution >= 0.6 is 12.2 Å². The summed E-state index contributed by atoms with van der Waals surface area (Å²) < 4.78 is 0. The lowest BCUT2D eigenvalue weighted by Crippen LogP contribution is -2.44. The number of benzene rings is 1. The predicted octanol–water partition coefficient (Wildman–Crippen LogP) is 2.68. The molecule has 23 heavy (non-hydrogen) atoms. The van der Waals surface area contributed by atoms with Crippen LogP contribution < -0.4 is 10.7 Å². The minimum Gasteiger partial charge on any atom is -0.502 e. The summed E-state index contributed by atoms with van der Waals surface area (Å²) in [7, 11) is 0. The predicted molar refractivity (Wildman–Crippen MR) is 92.6 cm³/mol. The molecule has 2 atom stereocenters. The van der Waals surface area contributed by atoms with Crippen LogP contribution in [0.25, 0.3) is 0 Å². The molecule has 8 heteroatoms.